The van der Waals surface area contributed by atoms with Crippen molar-refractivity contribution in [3.05, 3.63) is 0 Å². The summed E-state index contributed by atoms with van der Waals surface area (Å²) in [6.45, 7) is 5.16. The molecule has 0 radical (unpaired) electrons. The third-order valence-corrected chi connectivity index (χ3v) is 1.56. The van der Waals surface area contributed by atoms with Gasteiger partial charge < -0.3 is 9.84 Å². The third-order valence-electron chi connectivity index (χ3n) is 1.56. The molecule has 90 valence electrons. The number of ether oxygens (including phenoxy) is 1. The molecule has 0 aliphatic heterocycles. The third kappa shape index (κ3) is 7.94. The molecule has 0 aromatic carbocycles. The molecule has 0 aromatic heterocycles. The monoisotopic (exact) mass is 227 g/mol. The van der Waals surface area contributed by atoms with Crippen LogP contribution in [0.3, 0.4) is 0 Å². The van der Waals surface area contributed by atoms with Crippen molar-refractivity contribution >= 4 is 11.8 Å². The van der Waals surface area contributed by atoms with Gasteiger partial charge in [-0.15, -0.1) is 0 Å². The molecule has 1 atom stereocenters. The smallest absolute Gasteiger partial charge is 0.308 e. The van der Waals surface area contributed by atoms with E-state index < -0.39 is 17.7 Å². The Morgan fingerprint density at radius 2 is 1.94 bits per heavy atom. The van der Waals surface area contributed by atoms with E-state index in [1.165, 1.54) is 0 Å². The normalized spacial score (nSPS) is 12.7. The number of carbonyl (C=O) groups is 2. The van der Waals surface area contributed by atoms with Gasteiger partial charge in [0.2, 0.25) is 0 Å². The minimum absolute atomic E-state index is 0.188. The molecule has 0 aliphatic carbocycles. The molecule has 0 fully saturated rings. The van der Waals surface area contributed by atoms with Crippen LogP contribution < -0.4 is 0 Å². The summed E-state index contributed by atoms with van der Waals surface area (Å²) in [5.41, 5.74) is -0.604. The van der Waals surface area contributed by atoms with E-state index in [9.17, 15) is 14.7 Å². The lowest BCUT2D eigenvalue weighted by Crippen LogP contribution is -2.27. The van der Waals surface area contributed by atoms with Crippen molar-refractivity contribution in [3.63, 3.8) is 0 Å². The lowest BCUT2D eigenvalue weighted by molar-refractivity contribution is -0.157. The van der Waals surface area contributed by atoms with Crippen LogP contribution in [0.2, 0.25) is 0 Å². The second-order valence-electron chi connectivity index (χ2n) is 4.52. The minimum atomic E-state index is -1.07. The molecular weight excluding hydrogens is 210 g/mol. The fraction of sp³-hybridized carbons (Fsp3) is 0.727. The Morgan fingerprint density at radius 1 is 1.38 bits per heavy atom. The predicted octanol–water partition coefficient (Wildman–Crippen LogP) is 0.952. The zero-order chi connectivity index (χ0) is 12.8. The maximum absolute atomic E-state index is 11.2. The number of ketones is 1. The highest BCUT2D eigenvalue weighted by Gasteiger charge is 2.20. The Morgan fingerprint density at radius 3 is 2.38 bits per heavy atom. The standard InChI is InChI=1S/C11H17NO4/c1-11(2,3)16-10(15)7-9(14)6-8(13)4-5-12/h9,14H,4,6-7H2,1-3H3/t9-/m1/s1. The molecule has 0 aliphatic rings. The van der Waals surface area contributed by atoms with Crippen LogP contribution in [0, 0.1) is 11.3 Å². The molecule has 5 heteroatoms. The minimum Gasteiger partial charge on any atom is -0.460 e. The summed E-state index contributed by atoms with van der Waals surface area (Å²) in [5.74, 6) is -0.927. The average molecular weight is 227 g/mol. The van der Waals surface area contributed by atoms with E-state index in [4.69, 9.17) is 10.00 Å². The summed E-state index contributed by atoms with van der Waals surface area (Å²) < 4.78 is 4.97. The lowest BCUT2D eigenvalue weighted by atomic mass is 10.1. The van der Waals surface area contributed by atoms with Crippen molar-refractivity contribution in [2.45, 2.75) is 51.7 Å². The van der Waals surface area contributed by atoms with Crippen LogP contribution in [-0.4, -0.2) is 28.6 Å². The predicted molar refractivity (Wildman–Crippen MR) is 56.3 cm³/mol. The SMILES string of the molecule is CC(C)(C)OC(=O)C[C@H](O)CC(=O)CC#N. The van der Waals surface area contributed by atoms with Crippen molar-refractivity contribution in [1.29, 1.82) is 5.26 Å². The van der Waals surface area contributed by atoms with Crippen molar-refractivity contribution < 1.29 is 19.4 Å². The number of carbonyl (C=O) groups excluding carboxylic acids is 2. The van der Waals surface area contributed by atoms with Crippen LogP contribution in [0.1, 0.15) is 40.0 Å². The Hall–Kier alpha value is -1.41. The summed E-state index contributed by atoms with van der Waals surface area (Å²) in [6.07, 6.45) is -1.73. The molecule has 0 heterocycles. The molecule has 16 heavy (non-hydrogen) atoms. The topological polar surface area (TPSA) is 87.4 Å². The van der Waals surface area contributed by atoms with Crippen LogP contribution >= 0.6 is 0 Å². The van der Waals surface area contributed by atoms with Gasteiger partial charge in [-0.1, -0.05) is 0 Å². The van der Waals surface area contributed by atoms with Crippen LogP contribution in [-0.2, 0) is 14.3 Å². The van der Waals surface area contributed by atoms with Gasteiger partial charge in [0.25, 0.3) is 0 Å². The van der Waals surface area contributed by atoms with Gasteiger partial charge in [-0.25, -0.2) is 0 Å². The number of hydrogen-bond acceptors (Lipinski definition) is 5. The highest BCUT2D eigenvalue weighted by molar-refractivity contribution is 5.81. The van der Waals surface area contributed by atoms with Crippen LogP contribution in [0.5, 0.6) is 0 Å². The number of esters is 1. The van der Waals surface area contributed by atoms with E-state index in [0.29, 0.717) is 0 Å². The fourth-order valence-corrected chi connectivity index (χ4v) is 1.07. The van der Waals surface area contributed by atoms with E-state index in [-0.39, 0.29) is 25.0 Å². The van der Waals surface area contributed by atoms with E-state index in [2.05, 4.69) is 0 Å². The number of Topliss-reactive ketones (excluding diaryl/α,β-unsaturated/α-hetero) is 1. The van der Waals surface area contributed by atoms with Crippen LogP contribution in [0.25, 0.3) is 0 Å². The molecule has 0 saturated carbocycles. The Bertz CT molecular complexity index is 298. The Kier molecular flexibility index (Phi) is 5.68. The lowest BCUT2D eigenvalue weighted by Gasteiger charge is -2.20. The van der Waals surface area contributed by atoms with Gasteiger partial charge in [-0.05, 0) is 20.8 Å². The van der Waals surface area contributed by atoms with Crippen molar-refractivity contribution in [2.75, 3.05) is 0 Å². The molecule has 0 spiro atoms. The molecule has 0 amide bonds. The van der Waals surface area contributed by atoms with Gasteiger partial charge in [0.1, 0.15) is 11.4 Å². The zero-order valence-electron chi connectivity index (χ0n) is 9.82. The van der Waals surface area contributed by atoms with Crippen LogP contribution in [0.4, 0.5) is 0 Å². The van der Waals surface area contributed by atoms with Gasteiger partial charge in [0.15, 0.2) is 0 Å². The summed E-state index contributed by atoms with van der Waals surface area (Å²) >= 11 is 0. The number of nitriles is 1. The maximum Gasteiger partial charge on any atom is 0.308 e. The first-order valence-electron chi connectivity index (χ1n) is 5.03. The molecule has 0 rings (SSSR count). The van der Waals surface area contributed by atoms with E-state index in [1.807, 2.05) is 0 Å². The van der Waals surface area contributed by atoms with Crippen LogP contribution in [0.15, 0.2) is 0 Å². The number of aliphatic hydroxyl groups excluding tert-OH is 1. The van der Waals surface area contributed by atoms with Gasteiger partial charge in [-0.2, -0.15) is 5.26 Å². The fourth-order valence-electron chi connectivity index (χ4n) is 1.07. The number of hydrogen-bond donors (Lipinski definition) is 1. The maximum atomic E-state index is 11.2. The second kappa shape index (κ2) is 6.23. The first-order valence-corrected chi connectivity index (χ1v) is 5.03. The summed E-state index contributed by atoms with van der Waals surface area (Å²) in [5, 5.41) is 17.6. The summed E-state index contributed by atoms with van der Waals surface area (Å²) in [6, 6.07) is 1.69. The van der Waals surface area contributed by atoms with E-state index in [1.54, 1.807) is 26.8 Å². The van der Waals surface area contributed by atoms with Crippen molar-refractivity contribution in [3.8, 4) is 6.07 Å². The van der Waals surface area contributed by atoms with E-state index >= 15 is 0 Å². The summed E-state index contributed by atoms with van der Waals surface area (Å²) in [4.78, 5) is 22.2. The first kappa shape index (κ1) is 14.6. The van der Waals surface area contributed by atoms with Crippen molar-refractivity contribution in [2.24, 2.45) is 0 Å². The average Bonchev–Trinajstić information content (AvgIpc) is 1.98. The van der Waals surface area contributed by atoms with Crippen molar-refractivity contribution in [1.82, 2.24) is 0 Å². The number of nitrogens with zero attached hydrogens (tertiary/aromatic N) is 1. The largest absolute Gasteiger partial charge is 0.460 e. The van der Waals surface area contributed by atoms with Gasteiger partial charge in [0, 0.05) is 6.42 Å². The number of rotatable bonds is 5. The van der Waals surface area contributed by atoms with Gasteiger partial charge in [-0.3, -0.25) is 9.59 Å². The molecule has 0 aromatic rings. The van der Waals surface area contributed by atoms with Gasteiger partial charge in [0.05, 0.1) is 25.0 Å². The first-order chi connectivity index (χ1) is 7.24. The molecule has 0 unspecified atom stereocenters. The molecule has 1 N–H and O–H groups in total. The molecule has 0 bridgehead atoms. The second-order valence-corrected chi connectivity index (χ2v) is 4.52. The Labute approximate surface area is 95.0 Å². The zero-order valence-corrected chi connectivity index (χ0v) is 9.82. The van der Waals surface area contributed by atoms with Gasteiger partial charge >= 0.3 is 5.97 Å². The molecule has 0 saturated heterocycles. The highest BCUT2D eigenvalue weighted by atomic mass is 16.6. The van der Waals surface area contributed by atoms with E-state index in [0.717, 1.165) is 0 Å². The summed E-state index contributed by atoms with van der Waals surface area (Å²) in [7, 11) is 0. The number of aliphatic hydroxyl groups is 1. The Balaban J connectivity index is 3.97. The highest BCUT2D eigenvalue weighted by Crippen LogP contribution is 2.10. The quantitative estimate of drug-likeness (QED) is 0.706. The molecule has 5 nitrogen and oxygen atoms in total. The molecular formula is C11H17NO4.